The van der Waals surface area contributed by atoms with Crippen LogP contribution in [0.3, 0.4) is 0 Å². The third-order valence-corrected chi connectivity index (χ3v) is 10.5. The predicted molar refractivity (Wildman–Crippen MR) is 140 cm³/mol. The van der Waals surface area contributed by atoms with E-state index in [1.165, 1.54) is 11.3 Å². The minimum atomic E-state index is -3.59. The summed E-state index contributed by atoms with van der Waals surface area (Å²) < 4.78 is 27.0. The van der Waals surface area contributed by atoms with Crippen molar-refractivity contribution < 1.29 is 23.4 Å². The van der Waals surface area contributed by atoms with Gasteiger partial charge < -0.3 is 15.1 Å². The minimum absolute atomic E-state index is 0.106. The summed E-state index contributed by atoms with van der Waals surface area (Å²) in [5.41, 5.74) is 1.84. The molecule has 0 spiro atoms. The Morgan fingerprint density at radius 1 is 1.06 bits per heavy atom. The van der Waals surface area contributed by atoms with E-state index in [-0.39, 0.29) is 22.5 Å². The fourth-order valence-electron chi connectivity index (χ4n) is 5.62. The minimum Gasteiger partial charge on any atom is -0.390 e. The molecule has 3 aromatic rings. The van der Waals surface area contributed by atoms with Gasteiger partial charge in [-0.05, 0) is 81.2 Å². The molecular formula is C27H32N2O5S2. The summed E-state index contributed by atoms with van der Waals surface area (Å²) in [5.74, 6) is -0.111. The Bertz CT molecular complexity index is 1350. The lowest BCUT2D eigenvalue weighted by molar-refractivity contribution is -0.0954. The SMILES string of the molecule is CC1(O)CCC(C2(O)CCN(C(=O)c3ccc(CS(=O)(=O)c4cccc5scnc45)cc3)CC2)CC1. The molecule has 1 aromatic heterocycles. The van der Waals surface area contributed by atoms with Crippen molar-refractivity contribution >= 4 is 37.3 Å². The Morgan fingerprint density at radius 2 is 1.72 bits per heavy atom. The fourth-order valence-corrected chi connectivity index (χ4v) is 7.91. The number of nitrogens with zero attached hydrogens (tertiary/aromatic N) is 2. The van der Waals surface area contributed by atoms with E-state index in [4.69, 9.17) is 0 Å². The van der Waals surface area contributed by atoms with Crippen molar-refractivity contribution in [3.63, 3.8) is 0 Å². The van der Waals surface area contributed by atoms with E-state index in [1.54, 1.807) is 46.8 Å². The number of hydrogen-bond donors (Lipinski definition) is 2. The fraction of sp³-hybridized carbons (Fsp3) is 0.481. The molecule has 0 bridgehead atoms. The number of rotatable bonds is 5. The highest BCUT2D eigenvalue weighted by Crippen LogP contribution is 2.42. The molecule has 2 fully saturated rings. The van der Waals surface area contributed by atoms with Gasteiger partial charge in [0.15, 0.2) is 9.84 Å². The van der Waals surface area contributed by atoms with Crippen molar-refractivity contribution in [3.05, 3.63) is 59.1 Å². The molecule has 1 aliphatic heterocycles. The highest BCUT2D eigenvalue weighted by Gasteiger charge is 2.43. The first-order valence-electron chi connectivity index (χ1n) is 12.4. The molecule has 0 radical (unpaired) electrons. The number of aromatic nitrogens is 1. The lowest BCUT2D eigenvalue weighted by atomic mass is 9.69. The summed E-state index contributed by atoms with van der Waals surface area (Å²) >= 11 is 1.41. The highest BCUT2D eigenvalue weighted by molar-refractivity contribution is 7.90. The third kappa shape index (κ3) is 5.07. The maximum atomic E-state index is 13.1. The summed E-state index contributed by atoms with van der Waals surface area (Å²) in [7, 11) is -3.59. The largest absolute Gasteiger partial charge is 0.390 e. The van der Waals surface area contributed by atoms with Gasteiger partial charge in [-0.2, -0.15) is 0 Å². The average Bonchev–Trinajstić information content (AvgIpc) is 3.33. The summed E-state index contributed by atoms with van der Waals surface area (Å²) in [6.07, 6.45) is 4.07. The molecular weight excluding hydrogens is 496 g/mol. The van der Waals surface area contributed by atoms with Gasteiger partial charge in [0.1, 0.15) is 0 Å². The van der Waals surface area contributed by atoms with Crippen LogP contribution in [0.2, 0.25) is 0 Å². The molecule has 192 valence electrons. The zero-order valence-electron chi connectivity index (χ0n) is 20.4. The summed E-state index contributed by atoms with van der Waals surface area (Å²) in [6, 6.07) is 11.9. The van der Waals surface area contributed by atoms with E-state index < -0.39 is 21.0 Å². The second-order valence-corrected chi connectivity index (χ2v) is 13.4. The van der Waals surface area contributed by atoms with Gasteiger partial charge >= 0.3 is 0 Å². The number of thiazole rings is 1. The number of carbonyl (C=O) groups is 1. The van der Waals surface area contributed by atoms with Crippen LogP contribution in [0.25, 0.3) is 10.2 Å². The quantitative estimate of drug-likeness (QED) is 0.515. The second kappa shape index (κ2) is 9.52. The molecule has 7 nitrogen and oxygen atoms in total. The van der Waals surface area contributed by atoms with Crippen molar-refractivity contribution in [2.24, 2.45) is 5.92 Å². The predicted octanol–water partition coefficient (Wildman–Crippen LogP) is 4.18. The summed E-state index contributed by atoms with van der Waals surface area (Å²) in [6.45, 7) is 2.82. The van der Waals surface area contributed by atoms with Crippen LogP contribution >= 0.6 is 11.3 Å². The van der Waals surface area contributed by atoms with Crippen molar-refractivity contribution in [1.29, 1.82) is 0 Å². The Hall–Kier alpha value is -2.33. The van der Waals surface area contributed by atoms with Crippen LogP contribution in [0.4, 0.5) is 0 Å². The molecule has 0 atom stereocenters. The first-order valence-corrected chi connectivity index (χ1v) is 15.0. The molecule has 2 N–H and O–H groups in total. The topological polar surface area (TPSA) is 108 Å². The van der Waals surface area contributed by atoms with Crippen molar-refractivity contribution in [2.75, 3.05) is 13.1 Å². The summed E-state index contributed by atoms with van der Waals surface area (Å²) in [5, 5.41) is 21.5. The molecule has 36 heavy (non-hydrogen) atoms. The van der Waals surface area contributed by atoms with Crippen LogP contribution in [-0.2, 0) is 15.6 Å². The van der Waals surface area contributed by atoms with Crippen LogP contribution in [0, 0.1) is 5.92 Å². The molecule has 5 rings (SSSR count). The molecule has 0 unspecified atom stereocenters. The van der Waals surface area contributed by atoms with Crippen LogP contribution in [-0.4, -0.2) is 58.7 Å². The van der Waals surface area contributed by atoms with E-state index in [2.05, 4.69) is 4.98 Å². The van der Waals surface area contributed by atoms with Crippen LogP contribution in [0.5, 0.6) is 0 Å². The number of aliphatic hydroxyl groups is 2. The maximum Gasteiger partial charge on any atom is 0.253 e. The number of hydrogen-bond acceptors (Lipinski definition) is 7. The summed E-state index contributed by atoms with van der Waals surface area (Å²) in [4.78, 5) is 19.3. The van der Waals surface area contributed by atoms with Gasteiger partial charge in [0, 0.05) is 18.7 Å². The number of benzene rings is 2. The van der Waals surface area contributed by atoms with Crippen LogP contribution in [0.15, 0.2) is 52.9 Å². The van der Waals surface area contributed by atoms with Crippen molar-refractivity contribution in [1.82, 2.24) is 9.88 Å². The lowest BCUT2D eigenvalue weighted by Crippen LogP contribution is -2.52. The number of fused-ring (bicyclic) bond motifs is 1. The van der Waals surface area contributed by atoms with Crippen LogP contribution in [0.1, 0.15) is 61.4 Å². The average molecular weight is 529 g/mol. The van der Waals surface area contributed by atoms with E-state index in [1.807, 2.05) is 13.0 Å². The molecule has 1 aliphatic carbocycles. The molecule has 9 heteroatoms. The number of sulfone groups is 1. The normalized spacial score (nSPS) is 24.6. The third-order valence-electron chi connectivity index (χ3n) is 7.96. The Morgan fingerprint density at radius 3 is 2.39 bits per heavy atom. The number of para-hydroxylation sites is 1. The monoisotopic (exact) mass is 528 g/mol. The Balaban J connectivity index is 1.21. The van der Waals surface area contributed by atoms with Gasteiger partial charge in [0.05, 0.1) is 37.6 Å². The molecule has 1 saturated carbocycles. The van der Waals surface area contributed by atoms with Gasteiger partial charge in [0.25, 0.3) is 5.91 Å². The van der Waals surface area contributed by atoms with E-state index >= 15 is 0 Å². The van der Waals surface area contributed by atoms with E-state index in [9.17, 15) is 23.4 Å². The lowest BCUT2D eigenvalue weighted by Gasteiger charge is -2.46. The first-order chi connectivity index (χ1) is 17.1. The van der Waals surface area contributed by atoms with Crippen LogP contribution < -0.4 is 0 Å². The second-order valence-electron chi connectivity index (χ2n) is 10.6. The smallest absolute Gasteiger partial charge is 0.253 e. The highest BCUT2D eigenvalue weighted by atomic mass is 32.2. The van der Waals surface area contributed by atoms with Gasteiger partial charge in [-0.15, -0.1) is 11.3 Å². The molecule has 1 saturated heterocycles. The zero-order chi connectivity index (χ0) is 25.6. The van der Waals surface area contributed by atoms with Crippen molar-refractivity contribution in [3.8, 4) is 0 Å². The van der Waals surface area contributed by atoms with Gasteiger partial charge in [0.2, 0.25) is 0 Å². The van der Waals surface area contributed by atoms with Gasteiger partial charge in [-0.1, -0.05) is 18.2 Å². The number of piperidine rings is 1. The van der Waals surface area contributed by atoms with E-state index in [0.717, 1.165) is 17.5 Å². The number of carbonyl (C=O) groups excluding carboxylic acids is 1. The number of likely N-dealkylation sites (tertiary alicyclic amines) is 1. The first kappa shape index (κ1) is 25.3. The molecule has 1 amide bonds. The molecule has 2 heterocycles. The number of amides is 1. The standard InChI is InChI=1S/C27H32N2O5S2/c1-26(31)11-9-21(10-12-26)27(32)13-15-29(16-14-27)25(30)20-7-5-19(6-8-20)17-36(33,34)23-4-2-3-22-24(23)28-18-35-22/h2-8,18,21,31-32H,9-17H2,1H3. The van der Waals surface area contributed by atoms with E-state index in [0.29, 0.717) is 55.4 Å². The van der Waals surface area contributed by atoms with Gasteiger partial charge in [-0.25, -0.2) is 13.4 Å². The van der Waals surface area contributed by atoms with Crippen molar-refractivity contribution in [2.45, 2.75) is 67.3 Å². The molecule has 2 aromatic carbocycles. The zero-order valence-corrected chi connectivity index (χ0v) is 22.0. The van der Waals surface area contributed by atoms with Gasteiger partial charge in [-0.3, -0.25) is 4.79 Å². The Kier molecular flexibility index (Phi) is 6.70. The maximum absolute atomic E-state index is 13.1. The Labute approximate surface area is 215 Å². The molecule has 2 aliphatic rings.